The van der Waals surface area contributed by atoms with Gasteiger partial charge in [0.05, 0.1) is 0 Å². The quantitative estimate of drug-likeness (QED) is 0.750. The predicted octanol–water partition coefficient (Wildman–Crippen LogP) is 3.30. The minimum Gasteiger partial charge on any atom is -0.484 e. The van der Waals surface area contributed by atoms with Gasteiger partial charge in [0.1, 0.15) is 11.8 Å². The van der Waals surface area contributed by atoms with Gasteiger partial charge in [0.25, 0.3) is 5.91 Å². The number of carbonyl (C=O) groups is 2. The molecular formula is C20H23BrN2O3. The summed E-state index contributed by atoms with van der Waals surface area (Å²) in [6, 6.07) is 14.6. The highest BCUT2D eigenvalue weighted by molar-refractivity contribution is 9.10. The highest BCUT2D eigenvalue weighted by atomic mass is 79.9. The van der Waals surface area contributed by atoms with E-state index in [9.17, 15) is 9.59 Å². The molecule has 2 rings (SSSR count). The fourth-order valence-corrected chi connectivity index (χ4v) is 2.78. The topological polar surface area (TPSA) is 58.6 Å². The molecule has 0 saturated carbocycles. The summed E-state index contributed by atoms with van der Waals surface area (Å²) >= 11 is 3.40. The molecular weight excluding hydrogens is 396 g/mol. The molecule has 0 heterocycles. The minimum atomic E-state index is -0.600. The Balaban J connectivity index is 2.13. The van der Waals surface area contributed by atoms with Gasteiger partial charge in [0.2, 0.25) is 5.91 Å². The SMILES string of the molecule is CNC(=O)[C@H](C)N(Cc1ccc(Br)cc1)C(=O)COc1ccccc1C. The largest absolute Gasteiger partial charge is 0.484 e. The number of nitrogens with one attached hydrogen (secondary N) is 1. The fraction of sp³-hybridized carbons (Fsp3) is 0.300. The minimum absolute atomic E-state index is 0.122. The first-order chi connectivity index (χ1) is 12.4. The van der Waals surface area contributed by atoms with E-state index in [0.717, 1.165) is 15.6 Å². The molecule has 138 valence electrons. The van der Waals surface area contributed by atoms with Gasteiger partial charge in [0.15, 0.2) is 6.61 Å². The zero-order valence-electron chi connectivity index (χ0n) is 15.2. The number of likely N-dealkylation sites (N-methyl/N-ethyl adjacent to an activating group) is 1. The molecule has 0 aliphatic carbocycles. The molecule has 2 aromatic carbocycles. The summed E-state index contributed by atoms with van der Waals surface area (Å²) in [4.78, 5) is 26.4. The van der Waals surface area contributed by atoms with Gasteiger partial charge < -0.3 is 15.0 Å². The van der Waals surface area contributed by atoms with E-state index in [1.54, 1.807) is 14.0 Å². The van der Waals surface area contributed by atoms with Gasteiger partial charge in [-0.1, -0.05) is 46.3 Å². The van der Waals surface area contributed by atoms with Crippen LogP contribution in [0.15, 0.2) is 53.0 Å². The standard InChI is InChI=1S/C20H23BrN2O3/c1-14-6-4-5-7-18(14)26-13-19(24)23(15(2)20(25)22-3)12-16-8-10-17(21)11-9-16/h4-11,15H,12-13H2,1-3H3,(H,22,25)/t15-/m0/s1. The van der Waals surface area contributed by atoms with Crippen LogP contribution >= 0.6 is 15.9 Å². The highest BCUT2D eigenvalue weighted by Gasteiger charge is 2.25. The molecule has 2 amide bonds. The van der Waals surface area contributed by atoms with Crippen molar-refractivity contribution in [2.24, 2.45) is 0 Å². The molecule has 0 unspecified atom stereocenters. The Kier molecular flexibility index (Phi) is 7.21. The second kappa shape index (κ2) is 9.38. The van der Waals surface area contributed by atoms with Crippen molar-refractivity contribution < 1.29 is 14.3 Å². The second-order valence-corrected chi connectivity index (χ2v) is 6.91. The third-order valence-electron chi connectivity index (χ3n) is 4.12. The van der Waals surface area contributed by atoms with Crippen LogP contribution in [-0.2, 0) is 16.1 Å². The maximum atomic E-state index is 12.8. The number of halogens is 1. The van der Waals surface area contributed by atoms with Crippen LogP contribution in [-0.4, -0.2) is 36.4 Å². The number of aryl methyl sites for hydroxylation is 1. The molecule has 0 spiro atoms. The van der Waals surface area contributed by atoms with Crippen LogP contribution in [0.1, 0.15) is 18.1 Å². The second-order valence-electron chi connectivity index (χ2n) is 5.99. The molecule has 2 aromatic rings. The molecule has 0 aliphatic rings. The average molecular weight is 419 g/mol. The first-order valence-electron chi connectivity index (χ1n) is 8.36. The molecule has 5 nitrogen and oxygen atoms in total. The highest BCUT2D eigenvalue weighted by Crippen LogP contribution is 2.17. The van der Waals surface area contributed by atoms with Crippen molar-refractivity contribution in [3.8, 4) is 5.75 Å². The van der Waals surface area contributed by atoms with E-state index in [0.29, 0.717) is 12.3 Å². The van der Waals surface area contributed by atoms with Crippen LogP contribution in [0.25, 0.3) is 0 Å². The zero-order chi connectivity index (χ0) is 19.1. The lowest BCUT2D eigenvalue weighted by molar-refractivity contribution is -0.142. The molecule has 1 atom stereocenters. The summed E-state index contributed by atoms with van der Waals surface area (Å²) < 4.78 is 6.63. The number of ether oxygens (including phenoxy) is 1. The van der Waals surface area contributed by atoms with Gasteiger partial charge in [-0.25, -0.2) is 0 Å². The van der Waals surface area contributed by atoms with Crippen molar-refractivity contribution in [2.45, 2.75) is 26.4 Å². The smallest absolute Gasteiger partial charge is 0.261 e. The summed E-state index contributed by atoms with van der Waals surface area (Å²) in [6.45, 7) is 3.84. The van der Waals surface area contributed by atoms with Crippen LogP contribution in [0.3, 0.4) is 0 Å². The van der Waals surface area contributed by atoms with Crippen molar-refractivity contribution in [2.75, 3.05) is 13.7 Å². The normalized spacial score (nSPS) is 11.5. The van der Waals surface area contributed by atoms with Crippen LogP contribution < -0.4 is 10.1 Å². The van der Waals surface area contributed by atoms with Crippen molar-refractivity contribution in [1.82, 2.24) is 10.2 Å². The van der Waals surface area contributed by atoms with Crippen LogP contribution in [0, 0.1) is 6.92 Å². The lowest BCUT2D eigenvalue weighted by Crippen LogP contribution is -2.48. The summed E-state index contributed by atoms with van der Waals surface area (Å²) in [7, 11) is 1.56. The van der Waals surface area contributed by atoms with Gasteiger partial charge in [-0.15, -0.1) is 0 Å². The van der Waals surface area contributed by atoms with E-state index >= 15 is 0 Å². The molecule has 0 aliphatic heterocycles. The number of carbonyl (C=O) groups excluding carboxylic acids is 2. The van der Waals surface area contributed by atoms with E-state index in [1.807, 2.05) is 55.5 Å². The van der Waals surface area contributed by atoms with Gasteiger partial charge in [0, 0.05) is 18.1 Å². The molecule has 0 bridgehead atoms. The molecule has 0 aromatic heterocycles. The monoisotopic (exact) mass is 418 g/mol. The summed E-state index contributed by atoms with van der Waals surface area (Å²) in [5.74, 6) is 0.204. The van der Waals surface area contributed by atoms with E-state index < -0.39 is 6.04 Å². The molecule has 26 heavy (non-hydrogen) atoms. The molecule has 1 N–H and O–H groups in total. The Labute approximate surface area is 162 Å². The predicted molar refractivity (Wildman–Crippen MR) is 105 cm³/mol. The van der Waals surface area contributed by atoms with Gasteiger partial charge in [-0.05, 0) is 43.2 Å². The van der Waals surface area contributed by atoms with Gasteiger partial charge in [-0.3, -0.25) is 9.59 Å². The van der Waals surface area contributed by atoms with Crippen molar-refractivity contribution in [1.29, 1.82) is 0 Å². The van der Waals surface area contributed by atoms with Crippen LogP contribution in [0.5, 0.6) is 5.75 Å². The van der Waals surface area contributed by atoms with E-state index in [4.69, 9.17) is 4.74 Å². The summed E-state index contributed by atoms with van der Waals surface area (Å²) in [6.07, 6.45) is 0. The number of para-hydroxylation sites is 1. The Bertz CT molecular complexity index is 762. The van der Waals surface area contributed by atoms with Crippen molar-refractivity contribution in [3.63, 3.8) is 0 Å². The van der Waals surface area contributed by atoms with Gasteiger partial charge in [-0.2, -0.15) is 0 Å². The lowest BCUT2D eigenvalue weighted by Gasteiger charge is -2.28. The fourth-order valence-electron chi connectivity index (χ4n) is 2.52. The number of rotatable bonds is 7. The molecule has 6 heteroatoms. The third kappa shape index (κ3) is 5.33. The van der Waals surface area contributed by atoms with E-state index in [1.165, 1.54) is 4.90 Å². The number of amides is 2. The maximum Gasteiger partial charge on any atom is 0.261 e. The number of benzene rings is 2. The van der Waals surface area contributed by atoms with Gasteiger partial charge >= 0.3 is 0 Å². The third-order valence-corrected chi connectivity index (χ3v) is 4.65. The van der Waals surface area contributed by atoms with Crippen LogP contribution in [0.4, 0.5) is 0 Å². The zero-order valence-corrected chi connectivity index (χ0v) is 16.7. The number of nitrogens with zero attached hydrogens (tertiary/aromatic N) is 1. The van der Waals surface area contributed by atoms with Crippen molar-refractivity contribution >= 4 is 27.7 Å². The summed E-state index contributed by atoms with van der Waals surface area (Å²) in [5.41, 5.74) is 1.90. The Morgan fingerprint density at radius 2 is 1.81 bits per heavy atom. The average Bonchev–Trinajstić information content (AvgIpc) is 2.65. The Morgan fingerprint density at radius 3 is 2.42 bits per heavy atom. The molecule has 0 fully saturated rings. The van der Waals surface area contributed by atoms with E-state index in [2.05, 4.69) is 21.2 Å². The van der Waals surface area contributed by atoms with Crippen LogP contribution in [0.2, 0.25) is 0 Å². The number of hydrogen-bond donors (Lipinski definition) is 1. The Hall–Kier alpha value is -2.34. The molecule has 0 radical (unpaired) electrons. The first-order valence-corrected chi connectivity index (χ1v) is 9.15. The summed E-state index contributed by atoms with van der Waals surface area (Å²) in [5, 5.41) is 2.60. The molecule has 0 saturated heterocycles. The van der Waals surface area contributed by atoms with Crippen molar-refractivity contribution in [3.05, 3.63) is 64.1 Å². The van der Waals surface area contributed by atoms with E-state index in [-0.39, 0.29) is 18.4 Å². The lowest BCUT2D eigenvalue weighted by atomic mass is 10.1. The first kappa shape index (κ1) is 20.0. The number of hydrogen-bond acceptors (Lipinski definition) is 3. The maximum absolute atomic E-state index is 12.8. The Morgan fingerprint density at radius 1 is 1.15 bits per heavy atom.